The highest BCUT2D eigenvalue weighted by Crippen LogP contribution is 2.12. The Kier molecular flexibility index (Phi) is 4.73. The molecule has 7 heteroatoms. The highest BCUT2D eigenvalue weighted by atomic mass is 16.6. The predicted octanol–water partition coefficient (Wildman–Crippen LogP) is 0.0315. The molecule has 0 saturated carbocycles. The number of aryl methyl sites for hydroxylation is 1. The fourth-order valence-electron chi connectivity index (χ4n) is 2.19. The van der Waals surface area contributed by atoms with Gasteiger partial charge in [-0.05, 0) is 6.42 Å². The molecule has 7 nitrogen and oxygen atoms in total. The van der Waals surface area contributed by atoms with Crippen molar-refractivity contribution in [2.75, 3.05) is 31.7 Å². The Labute approximate surface area is 117 Å². The second-order valence-electron chi connectivity index (χ2n) is 4.58. The average molecular weight is 281 g/mol. The lowest BCUT2D eigenvalue weighted by Crippen LogP contribution is -2.48. The van der Waals surface area contributed by atoms with Crippen LogP contribution in [0.25, 0.3) is 0 Å². The normalized spacial score (nSPS) is 18.9. The Balaban J connectivity index is 2.21. The van der Waals surface area contributed by atoms with Crippen LogP contribution in [0.4, 0.5) is 5.82 Å². The molecule has 0 aliphatic carbocycles. The van der Waals surface area contributed by atoms with E-state index in [1.54, 1.807) is 21.9 Å². The van der Waals surface area contributed by atoms with Crippen LogP contribution in [0.15, 0.2) is 17.2 Å². The van der Waals surface area contributed by atoms with Crippen LogP contribution in [0, 0.1) is 0 Å². The molecule has 1 fully saturated rings. The van der Waals surface area contributed by atoms with Crippen molar-refractivity contribution >= 4 is 11.8 Å². The number of aromatic nitrogens is 2. The number of carbonyl (C=O) groups is 1. The van der Waals surface area contributed by atoms with Gasteiger partial charge in [0, 0.05) is 25.5 Å². The second kappa shape index (κ2) is 6.51. The summed E-state index contributed by atoms with van der Waals surface area (Å²) in [4.78, 5) is 29.8. The van der Waals surface area contributed by atoms with Crippen LogP contribution in [-0.4, -0.2) is 48.4 Å². The van der Waals surface area contributed by atoms with Crippen LogP contribution in [0.3, 0.4) is 0 Å². The number of hydrogen-bond donors (Lipinski definition) is 0. The largest absolute Gasteiger partial charge is 0.467 e. The summed E-state index contributed by atoms with van der Waals surface area (Å²) < 4.78 is 11.6. The van der Waals surface area contributed by atoms with Crippen molar-refractivity contribution in [3.8, 4) is 0 Å². The summed E-state index contributed by atoms with van der Waals surface area (Å²) in [5.41, 5.74) is -0.139. The lowest BCUT2D eigenvalue weighted by Gasteiger charge is -2.31. The number of anilines is 1. The quantitative estimate of drug-likeness (QED) is 0.725. The third-order valence-electron chi connectivity index (χ3n) is 3.19. The molecule has 0 spiro atoms. The zero-order valence-electron chi connectivity index (χ0n) is 11.7. The molecule has 0 aromatic carbocycles. The summed E-state index contributed by atoms with van der Waals surface area (Å²) in [6.45, 7) is 3.84. The van der Waals surface area contributed by atoms with Gasteiger partial charge in [-0.2, -0.15) is 0 Å². The number of esters is 1. The smallest absolute Gasteiger partial charge is 0.336 e. The van der Waals surface area contributed by atoms with E-state index in [1.165, 1.54) is 7.11 Å². The predicted molar refractivity (Wildman–Crippen MR) is 72.8 cm³/mol. The first-order valence-corrected chi connectivity index (χ1v) is 6.67. The van der Waals surface area contributed by atoms with Crippen molar-refractivity contribution in [3.63, 3.8) is 0 Å². The number of ether oxygens (including phenoxy) is 2. The summed E-state index contributed by atoms with van der Waals surface area (Å²) >= 11 is 0. The molecule has 1 aromatic rings. The van der Waals surface area contributed by atoms with E-state index in [4.69, 9.17) is 4.74 Å². The number of rotatable bonds is 4. The number of methoxy groups -OCH3 is 1. The molecule has 2 heterocycles. The van der Waals surface area contributed by atoms with Gasteiger partial charge in [-0.25, -0.2) is 9.78 Å². The monoisotopic (exact) mass is 281 g/mol. The summed E-state index contributed by atoms with van der Waals surface area (Å²) in [5.74, 6) is -0.0716. The van der Waals surface area contributed by atoms with Gasteiger partial charge in [-0.1, -0.05) is 6.92 Å². The van der Waals surface area contributed by atoms with Crippen molar-refractivity contribution in [1.82, 2.24) is 9.55 Å². The molecule has 1 aliphatic heterocycles. The molecule has 1 aliphatic rings. The molecule has 20 heavy (non-hydrogen) atoms. The van der Waals surface area contributed by atoms with E-state index < -0.39 is 12.1 Å². The molecule has 0 bridgehead atoms. The van der Waals surface area contributed by atoms with Crippen LogP contribution in [-0.2, 0) is 20.8 Å². The first-order chi connectivity index (χ1) is 9.67. The first kappa shape index (κ1) is 14.5. The fraction of sp³-hybridized carbons (Fsp3) is 0.615. The van der Waals surface area contributed by atoms with E-state index in [1.807, 2.05) is 6.92 Å². The minimum absolute atomic E-state index is 0.139. The van der Waals surface area contributed by atoms with Gasteiger partial charge < -0.3 is 18.9 Å². The van der Waals surface area contributed by atoms with Crippen molar-refractivity contribution in [2.45, 2.75) is 26.0 Å². The SMILES string of the molecule is CCCn1ccnc(N2CCOC(C(=O)OC)C2)c1=O. The number of nitrogens with zero attached hydrogens (tertiary/aromatic N) is 3. The average Bonchev–Trinajstić information content (AvgIpc) is 2.49. The molecule has 110 valence electrons. The van der Waals surface area contributed by atoms with Gasteiger partial charge in [0.05, 0.1) is 20.3 Å². The van der Waals surface area contributed by atoms with Crippen molar-refractivity contribution in [1.29, 1.82) is 0 Å². The Morgan fingerprint density at radius 3 is 3.10 bits per heavy atom. The molecular formula is C13H19N3O4. The van der Waals surface area contributed by atoms with E-state index in [0.29, 0.717) is 25.5 Å². The Hall–Kier alpha value is -1.89. The molecule has 0 radical (unpaired) electrons. The fourth-order valence-corrected chi connectivity index (χ4v) is 2.19. The van der Waals surface area contributed by atoms with Gasteiger partial charge in [0.15, 0.2) is 11.9 Å². The van der Waals surface area contributed by atoms with Crippen LogP contribution in [0.1, 0.15) is 13.3 Å². The Morgan fingerprint density at radius 1 is 1.60 bits per heavy atom. The lowest BCUT2D eigenvalue weighted by atomic mass is 10.2. The van der Waals surface area contributed by atoms with Crippen molar-refractivity contribution < 1.29 is 14.3 Å². The van der Waals surface area contributed by atoms with E-state index in [-0.39, 0.29) is 12.1 Å². The number of morpholine rings is 1. The van der Waals surface area contributed by atoms with Crippen molar-refractivity contribution in [2.24, 2.45) is 0 Å². The molecule has 2 rings (SSSR count). The van der Waals surface area contributed by atoms with Crippen LogP contribution < -0.4 is 10.5 Å². The highest BCUT2D eigenvalue weighted by molar-refractivity contribution is 5.75. The van der Waals surface area contributed by atoms with Gasteiger partial charge in [0.1, 0.15) is 0 Å². The van der Waals surface area contributed by atoms with Gasteiger partial charge in [-0.15, -0.1) is 0 Å². The molecular weight excluding hydrogens is 262 g/mol. The summed E-state index contributed by atoms with van der Waals surface area (Å²) in [5, 5.41) is 0. The topological polar surface area (TPSA) is 73.7 Å². The number of carbonyl (C=O) groups excluding carboxylic acids is 1. The van der Waals surface area contributed by atoms with Crippen LogP contribution in [0.2, 0.25) is 0 Å². The Bertz CT molecular complexity index is 529. The Morgan fingerprint density at radius 2 is 2.40 bits per heavy atom. The molecule has 1 unspecified atom stereocenters. The first-order valence-electron chi connectivity index (χ1n) is 6.67. The van der Waals surface area contributed by atoms with E-state index in [2.05, 4.69) is 9.72 Å². The van der Waals surface area contributed by atoms with Crippen molar-refractivity contribution in [3.05, 3.63) is 22.7 Å². The molecule has 1 saturated heterocycles. The lowest BCUT2D eigenvalue weighted by molar-refractivity contribution is -0.154. The van der Waals surface area contributed by atoms with E-state index in [9.17, 15) is 9.59 Å². The summed E-state index contributed by atoms with van der Waals surface area (Å²) in [7, 11) is 1.32. The van der Waals surface area contributed by atoms with Crippen LogP contribution >= 0.6 is 0 Å². The third kappa shape index (κ3) is 2.98. The zero-order valence-corrected chi connectivity index (χ0v) is 11.7. The maximum Gasteiger partial charge on any atom is 0.336 e. The van der Waals surface area contributed by atoms with E-state index in [0.717, 1.165) is 6.42 Å². The minimum atomic E-state index is -0.671. The van der Waals surface area contributed by atoms with Gasteiger partial charge >= 0.3 is 5.97 Å². The van der Waals surface area contributed by atoms with Gasteiger partial charge in [-0.3, -0.25) is 4.79 Å². The minimum Gasteiger partial charge on any atom is -0.467 e. The maximum atomic E-state index is 12.3. The summed E-state index contributed by atoms with van der Waals surface area (Å²) in [6, 6.07) is 0. The molecule has 1 atom stereocenters. The molecule has 1 aromatic heterocycles. The number of hydrogen-bond acceptors (Lipinski definition) is 6. The maximum absolute atomic E-state index is 12.3. The highest BCUT2D eigenvalue weighted by Gasteiger charge is 2.29. The van der Waals surface area contributed by atoms with Crippen LogP contribution in [0.5, 0.6) is 0 Å². The standard InChI is InChI=1S/C13H19N3O4/c1-3-5-15-6-4-14-11(12(15)17)16-7-8-20-10(9-16)13(18)19-2/h4,6,10H,3,5,7-9H2,1-2H3. The van der Waals surface area contributed by atoms with Gasteiger partial charge in [0.25, 0.3) is 5.56 Å². The molecule has 0 N–H and O–H groups in total. The zero-order chi connectivity index (χ0) is 14.5. The second-order valence-corrected chi connectivity index (χ2v) is 4.58. The summed E-state index contributed by atoms with van der Waals surface area (Å²) in [6.07, 6.45) is 3.48. The third-order valence-corrected chi connectivity index (χ3v) is 3.19. The van der Waals surface area contributed by atoms with E-state index >= 15 is 0 Å². The van der Waals surface area contributed by atoms with Gasteiger partial charge in [0.2, 0.25) is 0 Å². The molecule has 0 amide bonds.